The van der Waals surface area contributed by atoms with Crippen molar-refractivity contribution in [2.24, 2.45) is 11.0 Å². The summed E-state index contributed by atoms with van der Waals surface area (Å²) in [6.45, 7) is 6.14. The van der Waals surface area contributed by atoms with E-state index in [0.717, 1.165) is 5.01 Å². The zero-order valence-electron chi connectivity index (χ0n) is 9.01. The summed E-state index contributed by atoms with van der Waals surface area (Å²) in [5.74, 6) is -1.81. The predicted octanol–water partition coefficient (Wildman–Crippen LogP) is 2.18. The molecule has 0 aromatic heterocycles. The van der Waals surface area contributed by atoms with Gasteiger partial charge in [0, 0.05) is 0 Å². The fraction of sp³-hybridized carbons (Fsp3) is 0.778. The third-order valence-electron chi connectivity index (χ3n) is 2.12. The van der Waals surface area contributed by atoms with Crippen LogP contribution in [0.4, 0.5) is 13.2 Å². The third kappa shape index (κ3) is 2.13. The standard InChI is InChI=1S/C9H13F3N2O/c1-5-6(9(10,11)12)13-14(7(5)15)8(2,3)4/h5H,1-4H3. The lowest BCUT2D eigenvalue weighted by atomic mass is 10.0. The molecule has 0 saturated heterocycles. The van der Waals surface area contributed by atoms with E-state index >= 15 is 0 Å². The maximum atomic E-state index is 12.4. The molecule has 0 spiro atoms. The summed E-state index contributed by atoms with van der Waals surface area (Å²) >= 11 is 0. The molecule has 1 amide bonds. The Balaban J connectivity index is 3.08. The van der Waals surface area contributed by atoms with Crippen LogP contribution in [-0.4, -0.2) is 28.3 Å². The summed E-state index contributed by atoms with van der Waals surface area (Å²) < 4.78 is 37.3. The van der Waals surface area contributed by atoms with Crippen molar-refractivity contribution in [3.63, 3.8) is 0 Å². The van der Waals surface area contributed by atoms with Crippen LogP contribution in [0.2, 0.25) is 0 Å². The van der Waals surface area contributed by atoms with Crippen molar-refractivity contribution in [3.05, 3.63) is 0 Å². The van der Waals surface area contributed by atoms with Gasteiger partial charge in [-0.05, 0) is 27.7 Å². The van der Waals surface area contributed by atoms with E-state index in [4.69, 9.17) is 0 Å². The molecule has 1 unspecified atom stereocenters. The average Bonchev–Trinajstić information content (AvgIpc) is 2.26. The zero-order valence-corrected chi connectivity index (χ0v) is 9.01. The van der Waals surface area contributed by atoms with E-state index in [1.165, 1.54) is 6.92 Å². The maximum Gasteiger partial charge on any atom is 0.432 e. The summed E-state index contributed by atoms with van der Waals surface area (Å²) in [6.07, 6.45) is -4.53. The van der Waals surface area contributed by atoms with Gasteiger partial charge in [-0.3, -0.25) is 4.79 Å². The van der Waals surface area contributed by atoms with Gasteiger partial charge in [0.1, 0.15) is 0 Å². The molecule has 3 nitrogen and oxygen atoms in total. The number of nitrogens with zero attached hydrogens (tertiary/aromatic N) is 2. The average molecular weight is 222 g/mol. The highest BCUT2D eigenvalue weighted by atomic mass is 19.4. The number of carbonyl (C=O) groups excluding carboxylic acids is 1. The third-order valence-corrected chi connectivity index (χ3v) is 2.12. The summed E-state index contributed by atoms with van der Waals surface area (Å²) in [6, 6.07) is 0. The van der Waals surface area contributed by atoms with Crippen molar-refractivity contribution in [1.82, 2.24) is 5.01 Å². The first kappa shape index (κ1) is 12.0. The second kappa shape index (κ2) is 3.21. The second-order valence-electron chi connectivity index (χ2n) is 4.53. The molecule has 0 aliphatic carbocycles. The van der Waals surface area contributed by atoms with E-state index in [2.05, 4.69) is 5.10 Å². The molecule has 0 fully saturated rings. The number of carbonyl (C=O) groups is 1. The van der Waals surface area contributed by atoms with Crippen LogP contribution in [0.5, 0.6) is 0 Å². The van der Waals surface area contributed by atoms with E-state index in [1.54, 1.807) is 20.8 Å². The molecule has 0 bridgehead atoms. The molecule has 0 radical (unpaired) electrons. The molecule has 1 aliphatic heterocycles. The molecule has 0 saturated carbocycles. The van der Waals surface area contributed by atoms with Crippen LogP contribution in [-0.2, 0) is 4.79 Å². The monoisotopic (exact) mass is 222 g/mol. The predicted molar refractivity (Wildman–Crippen MR) is 49.3 cm³/mol. The van der Waals surface area contributed by atoms with E-state index in [0.29, 0.717) is 0 Å². The van der Waals surface area contributed by atoms with Gasteiger partial charge in [0.25, 0.3) is 5.91 Å². The van der Waals surface area contributed by atoms with Crippen LogP contribution in [0.25, 0.3) is 0 Å². The molecule has 0 aromatic rings. The molecule has 0 aromatic carbocycles. The van der Waals surface area contributed by atoms with E-state index in [1.807, 2.05) is 0 Å². The smallest absolute Gasteiger partial charge is 0.272 e. The van der Waals surface area contributed by atoms with Crippen LogP contribution in [0, 0.1) is 5.92 Å². The Labute approximate surface area is 85.9 Å². The quantitative estimate of drug-likeness (QED) is 0.618. The van der Waals surface area contributed by atoms with E-state index in [-0.39, 0.29) is 0 Å². The molecule has 1 heterocycles. The van der Waals surface area contributed by atoms with Crippen molar-refractivity contribution in [2.75, 3.05) is 0 Å². The Morgan fingerprint density at radius 1 is 1.27 bits per heavy atom. The van der Waals surface area contributed by atoms with Crippen molar-refractivity contribution < 1.29 is 18.0 Å². The minimum absolute atomic E-state index is 0.602. The molecule has 1 aliphatic rings. The largest absolute Gasteiger partial charge is 0.432 e. The molecule has 1 atom stereocenters. The summed E-state index contributed by atoms with van der Waals surface area (Å²) in [5, 5.41) is 4.27. The number of amides is 1. The van der Waals surface area contributed by atoms with Gasteiger partial charge in [0.05, 0.1) is 11.5 Å². The van der Waals surface area contributed by atoms with Gasteiger partial charge in [0.15, 0.2) is 5.71 Å². The highest BCUT2D eigenvalue weighted by molar-refractivity contribution is 6.10. The Morgan fingerprint density at radius 3 is 1.93 bits per heavy atom. The van der Waals surface area contributed by atoms with Crippen LogP contribution in [0.15, 0.2) is 5.10 Å². The molecular weight excluding hydrogens is 209 g/mol. The van der Waals surface area contributed by atoms with Gasteiger partial charge >= 0.3 is 6.18 Å². The molecule has 6 heteroatoms. The van der Waals surface area contributed by atoms with E-state index < -0.39 is 29.3 Å². The fourth-order valence-corrected chi connectivity index (χ4v) is 1.33. The van der Waals surface area contributed by atoms with Gasteiger partial charge in [-0.25, -0.2) is 5.01 Å². The first-order chi connectivity index (χ1) is 6.55. The van der Waals surface area contributed by atoms with Gasteiger partial charge in [-0.15, -0.1) is 0 Å². The van der Waals surface area contributed by atoms with Gasteiger partial charge in [0.2, 0.25) is 0 Å². The normalized spacial score (nSPS) is 23.4. The van der Waals surface area contributed by atoms with Crippen molar-refractivity contribution in [2.45, 2.75) is 39.4 Å². The lowest BCUT2D eigenvalue weighted by Crippen LogP contribution is -2.40. The highest BCUT2D eigenvalue weighted by Crippen LogP contribution is 2.31. The highest BCUT2D eigenvalue weighted by Gasteiger charge is 2.49. The minimum atomic E-state index is -4.53. The Kier molecular flexibility index (Phi) is 2.57. The van der Waals surface area contributed by atoms with Crippen LogP contribution in [0.1, 0.15) is 27.7 Å². The number of halogens is 3. The molecule has 1 rings (SSSR count). The van der Waals surface area contributed by atoms with Crippen LogP contribution >= 0.6 is 0 Å². The topological polar surface area (TPSA) is 32.7 Å². The van der Waals surface area contributed by atoms with E-state index in [9.17, 15) is 18.0 Å². The summed E-state index contributed by atoms with van der Waals surface area (Å²) in [7, 11) is 0. The first-order valence-electron chi connectivity index (χ1n) is 4.55. The number of hydrogen-bond donors (Lipinski definition) is 0. The second-order valence-corrected chi connectivity index (χ2v) is 4.53. The zero-order chi connectivity index (χ0) is 12.0. The van der Waals surface area contributed by atoms with Gasteiger partial charge in [-0.1, -0.05) is 0 Å². The molecule has 15 heavy (non-hydrogen) atoms. The number of hydrazone groups is 1. The number of hydrogen-bond acceptors (Lipinski definition) is 2. The van der Waals surface area contributed by atoms with Crippen molar-refractivity contribution >= 4 is 11.6 Å². The fourth-order valence-electron chi connectivity index (χ4n) is 1.33. The van der Waals surface area contributed by atoms with Crippen LogP contribution in [0.3, 0.4) is 0 Å². The SMILES string of the molecule is CC1C(=O)N(C(C)(C)C)N=C1C(F)(F)F. The summed E-state index contributed by atoms with van der Waals surface area (Å²) in [5.41, 5.74) is -1.74. The van der Waals surface area contributed by atoms with Crippen molar-refractivity contribution in [3.8, 4) is 0 Å². The minimum Gasteiger partial charge on any atom is -0.272 e. The number of rotatable bonds is 0. The van der Waals surface area contributed by atoms with Crippen molar-refractivity contribution in [1.29, 1.82) is 0 Å². The Bertz CT molecular complexity index is 314. The maximum absolute atomic E-state index is 12.4. The Hall–Kier alpha value is -1.07. The number of alkyl halides is 3. The lowest BCUT2D eigenvalue weighted by Gasteiger charge is -2.28. The summed E-state index contributed by atoms with van der Waals surface area (Å²) in [4.78, 5) is 11.5. The molecular formula is C9H13F3N2O. The van der Waals surface area contributed by atoms with Crippen LogP contribution < -0.4 is 0 Å². The van der Waals surface area contributed by atoms with Gasteiger partial charge in [-0.2, -0.15) is 18.3 Å². The van der Waals surface area contributed by atoms with Gasteiger partial charge < -0.3 is 0 Å². The first-order valence-corrected chi connectivity index (χ1v) is 4.55. The Morgan fingerprint density at radius 2 is 1.73 bits per heavy atom. The lowest BCUT2D eigenvalue weighted by molar-refractivity contribution is -0.136. The molecule has 86 valence electrons. The molecule has 0 N–H and O–H groups in total.